The van der Waals surface area contributed by atoms with Crippen molar-refractivity contribution >= 4 is 5.95 Å². The van der Waals surface area contributed by atoms with Crippen LogP contribution in [-0.4, -0.2) is 21.3 Å². The first kappa shape index (κ1) is 7.08. The number of imidazole rings is 1. The van der Waals surface area contributed by atoms with Crippen LogP contribution in [-0.2, 0) is 13.5 Å². The van der Waals surface area contributed by atoms with Gasteiger partial charge in [0, 0.05) is 25.8 Å². The highest BCUT2D eigenvalue weighted by molar-refractivity contribution is 5.21. The topological polar surface area (TPSA) is 64.1 Å². The Balaban J connectivity index is 2.83. The quantitative estimate of drug-likeness (QED) is 0.585. The van der Waals surface area contributed by atoms with Gasteiger partial charge in [-0.25, -0.2) is 4.98 Å². The first-order valence-corrected chi connectivity index (χ1v) is 3.12. The van der Waals surface area contributed by atoms with E-state index in [1.807, 2.05) is 7.05 Å². The fourth-order valence-corrected chi connectivity index (χ4v) is 0.808. The van der Waals surface area contributed by atoms with E-state index >= 15 is 0 Å². The van der Waals surface area contributed by atoms with Crippen LogP contribution in [0.1, 0.15) is 5.69 Å². The molecule has 0 amide bonds. The third kappa shape index (κ3) is 1.11. The lowest BCUT2D eigenvalue weighted by molar-refractivity contribution is 0.297. The molecule has 0 aliphatic rings. The molecule has 4 nitrogen and oxygen atoms in total. The second-order valence-electron chi connectivity index (χ2n) is 2.14. The number of hydrogen-bond donors (Lipinski definition) is 2. The Kier molecular flexibility index (Phi) is 1.91. The van der Waals surface area contributed by atoms with Gasteiger partial charge in [0.25, 0.3) is 0 Å². The minimum Gasteiger partial charge on any atom is -0.396 e. The number of anilines is 1. The van der Waals surface area contributed by atoms with E-state index in [4.69, 9.17) is 10.8 Å². The fraction of sp³-hybridized carbons (Fsp3) is 0.500. The molecular weight excluding hydrogens is 130 g/mol. The maximum atomic E-state index is 8.57. The molecule has 1 aromatic rings. The van der Waals surface area contributed by atoms with Gasteiger partial charge >= 0.3 is 0 Å². The van der Waals surface area contributed by atoms with Crippen molar-refractivity contribution in [3.63, 3.8) is 0 Å². The van der Waals surface area contributed by atoms with Gasteiger partial charge in [-0.05, 0) is 0 Å². The van der Waals surface area contributed by atoms with Crippen LogP contribution in [0.2, 0.25) is 0 Å². The Morgan fingerprint density at radius 3 is 2.90 bits per heavy atom. The van der Waals surface area contributed by atoms with Crippen molar-refractivity contribution < 1.29 is 5.11 Å². The fourth-order valence-electron chi connectivity index (χ4n) is 0.808. The zero-order valence-electron chi connectivity index (χ0n) is 5.91. The maximum absolute atomic E-state index is 8.57. The molecule has 1 aromatic heterocycles. The summed E-state index contributed by atoms with van der Waals surface area (Å²) in [6.45, 7) is 0.138. The summed E-state index contributed by atoms with van der Waals surface area (Å²) in [7, 11) is 1.83. The summed E-state index contributed by atoms with van der Waals surface area (Å²) in [5.41, 5.74) is 6.40. The summed E-state index contributed by atoms with van der Waals surface area (Å²) in [4.78, 5) is 3.86. The van der Waals surface area contributed by atoms with E-state index in [-0.39, 0.29) is 6.61 Å². The monoisotopic (exact) mass is 141 g/mol. The number of nitrogen functional groups attached to an aromatic ring is 1. The van der Waals surface area contributed by atoms with Crippen molar-refractivity contribution in [1.29, 1.82) is 0 Å². The van der Waals surface area contributed by atoms with Crippen molar-refractivity contribution in [2.24, 2.45) is 7.05 Å². The molecule has 0 atom stereocenters. The highest BCUT2D eigenvalue weighted by Gasteiger charge is 2.00. The minimum atomic E-state index is 0.138. The Morgan fingerprint density at radius 2 is 2.50 bits per heavy atom. The van der Waals surface area contributed by atoms with Crippen LogP contribution in [0.15, 0.2) is 6.20 Å². The van der Waals surface area contributed by atoms with E-state index in [9.17, 15) is 0 Å². The molecule has 1 heterocycles. The van der Waals surface area contributed by atoms with Gasteiger partial charge in [-0.1, -0.05) is 0 Å². The first-order chi connectivity index (χ1) is 4.75. The molecule has 0 radical (unpaired) electrons. The average molecular weight is 141 g/mol. The lowest BCUT2D eigenvalue weighted by atomic mass is 10.3. The molecule has 0 unspecified atom stereocenters. The standard InChI is InChI=1S/C6H11N3O/c1-9-5(2-3-10)4-8-6(9)7/h4,10H,2-3H2,1H3,(H2,7,8). The zero-order chi connectivity index (χ0) is 7.56. The summed E-state index contributed by atoms with van der Waals surface area (Å²) < 4.78 is 1.76. The molecule has 0 aliphatic heterocycles. The van der Waals surface area contributed by atoms with Gasteiger partial charge in [0.05, 0.1) is 6.20 Å². The molecule has 3 N–H and O–H groups in total. The van der Waals surface area contributed by atoms with Gasteiger partial charge in [-0.15, -0.1) is 0 Å². The van der Waals surface area contributed by atoms with Crippen molar-refractivity contribution in [3.8, 4) is 0 Å². The Bertz CT molecular complexity index is 219. The lowest BCUT2D eigenvalue weighted by Crippen LogP contribution is -2.02. The number of nitrogens with zero attached hydrogens (tertiary/aromatic N) is 2. The average Bonchev–Trinajstić information content (AvgIpc) is 2.20. The number of rotatable bonds is 2. The van der Waals surface area contributed by atoms with E-state index < -0.39 is 0 Å². The number of aromatic nitrogens is 2. The van der Waals surface area contributed by atoms with Crippen molar-refractivity contribution in [3.05, 3.63) is 11.9 Å². The Morgan fingerprint density at radius 1 is 1.80 bits per heavy atom. The summed E-state index contributed by atoms with van der Waals surface area (Å²) in [5, 5.41) is 8.57. The molecule has 4 heteroatoms. The van der Waals surface area contributed by atoms with Crippen LogP contribution < -0.4 is 5.73 Å². The molecule has 10 heavy (non-hydrogen) atoms. The van der Waals surface area contributed by atoms with Gasteiger partial charge in [-0.3, -0.25) is 0 Å². The van der Waals surface area contributed by atoms with E-state index in [1.54, 1.807) is 10.8 Å². The highest BCUT2D eigenvalue weighted by atomic mass is 16.3. The largest absolute Gasteiger partial charge is 0.396 e. The number of aliphatic hydroxyl groups is 1. The van der Waals surface area contributed by atoms with Crippen LogP contribution in [0.3, 0.4) is 0 Å². The predicted octanol–water partition coefficient (Wildman–Crippen LogP) is -0.463. The lowest BCUT2D eigenvalue weighted by Gasteiger charge is -1.98. The number of nitrogens with two attached hydrogens (primary N) is 1. The van der Waals surface area contributed by atoms with Gasteiger partial charge in [0.2, 0.25) is 0 Å². The second kappa shape index (κ2) is 2.70. The van der Waals surface area contributed by atoms with Crippen LogP contribution in [0.25, 0.3) is 0 Å². The Labute approximate surface area is 59.3 Å². The summed E-state index contributed by atoms with van der Waals surface area (Å²) >= 11 is 0. The maximum Gasteiger partial charge on any atom is 0.200 e. The van der Waals surface area contributed by atoms with Gasteiger partial charge in [0.15, 0.2) is 5.95 Å². The molecule has 0 bridgehead atoms. The molecule has 0 saturated heterocycles. The van der Waals surface area contributed by atoms with Crippen LogP contribution in [0, 0.1) is 0 Å². The molecule has 0 saturated carbocycles. The number of hydrogen-bond acceptors (Lipinski definition) is 3. The van der Waals surface area contributed by atoms with Crippen LogP contribution in [0.4, 0.5) is 5.95 Å². The Hall–Kier alpha value is -1.03. The number of aliphatic hydroxyl groups excluding tert-OH is 1. The van der Waals surface area contributed by atoms with Gasteiger partial charge in [-0.2, -0.15) is 0 Å². The van der Waals surface area contributed by atoms with E-state index in [0.29, 0.717) is 12.4 Å². The predicted molar refractivity (Wildman–Crippen MR) is 38.4 cm³/mol. The molecule has 0 aliphatic carbocycles. The van der Waals surface area contributed by atoms with Crippen molar-refractivity contribution in [2.45, 2.75) is 6.42 Å². The first-order valence-electron chi connectivity index (χ1n) is 3.12. The third-order valence-corrected chi connectivity index (χ3v) is 1.49. The van der Waals surface area contributed by atoms with E-state index in [2.05, 4.69) is 4.98 Å². The molecule has 0 spiro atoms. The van der Waals surface area contributed by atoms with Crippen molar-refractivity contribution in [1.82, 2.24) is 9.55 Å². The summed E-state index contributed by atoms with van der Waals surface area (Å²) in [6, 6.07) is 0. The molecule has 56 valence electrons. The van der Waals surface area contributed by atoms with E-state index in [0.717, 1.165) is 5.69 Å². The smallest absolute Gasteiger partial charge is 0.200 e. The zero-order valence-corrected chi connectivity index (χ0v) is 5.91. The van der Waals surface area contributed by atoms with E-state index in [1.165, 1.54) is 0 Å². The SMILES string of the molecule is Cn1c(CCO)cnc1N. The molecule has 0 fully saturated rings. The normalized spacial score (nSPS) is 10.2. The molecular formula is C6H11N3O. The van der Waals surface area contributed by atoms with Gasteiger partial charge in [0.1, 0.15) is 0 Å². The second-order valence-corrected chi connectivity index (χ2v) is 2.14. The summed E-state index contributed by atoms with van der Waals surface area (Å²) in [6.07, 6.45) is 2.28. The van der Waals surface area contributed by atoms with Crippen LogP contribution >= 0.6 is 0 Å². The molecule has 0 aromatic carbocycles. The van der Waals surface area contributed by atoms with Crippen molar-refractivity contribution in [2.75, 3.05) is 12.3 Å². The van der Waals surface area contributed by atoms with Gasteiger partial charge < -0.3 is 15.4 Å². The minimum absolute atomic E-state index is 0.138. The van der Waals surface area contributed by atoms with Crippen LogP contribution in [0.5, 0.6) is 0 Å². The summed E-state index contributed by atoms with van der Waals surface area (Å²) in [5.74, 6) is 0.489. The molecule has 1 rings (SSSR count). The third-order valence-electron chi connectivity index (χ3n) is 1.49. The highest BCUT2D eigenvalue weighted by Crippen LogP contribution is 2.03.